The second kappa shape index (κ2) is 5.84. The fraction of sp³-hybridized carbons (Fsp3) is 0.0667. The largest absolute Gasteiger partial charge is 0.334 e. The number of hydrogen-bond donors (Lipinski definition) is 0. The summed E-state index contributed by atoms with van der Waals surface area (Å²) in [5.41, 5.74) is 1.52. The lowest BCUT2D eigenvalue weighted by Gasteiger charge is -2.00. The minimum absolute atomic E-state index is 0.313. The van der Waals surface area contributed by atoms with Crippen LogP contribution in [0.2, 0.25) is 10.0 Å². The summed E-state index contributed by atoms with van der Waals surface area (Å²) in [7, 11) is 0. The topological polar surface area (TPSA) is 38.9 Å². The number of rotatable bonds is 3. The molecule has 0 spiro atoms. The number of aromatic nitrogens is 2. The molecule has 0 bridgehead atoms. The first kappa shape index (κ1) is 14.0. The van der Waals surface area contributed by atoms with E-state index in [0.717, 1.165) is 5.56 Å². The average molecular weight is 323 g/mol. The van der Waals surface area contributed by atoms with Gasteiger partial charge in [0.1, 0.15) is 5.82 Å². The Morgan fingerprint density at radius 3 is 2.52 bits per heavy atom. The molecule has 0 aliphatic heterocycles. The zero-order chi connectivity index (χ0) is 14.8. The highest BCUT2D eigenvalue weighted by atomic mass is 35.5. The molecule has 0 N–H and O–H groups in total. The number of benzene rings is 2. The van der Waals surface area contributed by atoms with Crippen molar-refractivity contribution in [1.29, 1.82) is 0 Å². The third-order valence-electron chi connectivity index (χ3n) is 2.92. The lowest BCUT2D eigenvalue weighted by molar-refractivity contribution is 0.424. The van der Waals surface area contributed by atoms with Gasteiger partial charge in [-0.15, -0.1) is 0 Å². The zero-order valence-corrected chi connectivity index (χ0v) is 12.2. The predicted molar refractivity (Wildman–Crippen MR) is 79.0 cm³/mol. The van der Waals surface area contributed by atoms with E-state index in [4.69, 9.17) is 27.7 Å². The Bertz CT molecular complexity index is 772. The van der Waals surface area contributed by atoms with E-state index in [0.29, 0.717) is 33.7 Å². The molecule has 1 aromatic heterocycles. The van der Waals surface area contributed by atoms with E-state index in [1.54, 1.807) is 24.3 Å². The Morgan fingerprint density at radius 1 is 1.05 bits per heavy atom. The lowest BCUT2D eigenvalue weighted by Crippen LogP contribution is -1.92. The van der Waals surface area contributed by atoms with Crippen molar-refractivity contribution in [3.8, 4) is 11.5 Å². The van der Waals surface area contributed by atoms with Gasteiger partial charge in [0.05, 0.1) is 0 Å². The van der Waals surface area contributed by atoms with Gasteiger partial charge in [-0.25, -0.2) is 4.39 Å². The van der Waals surface area contributed by atoms with Crippen molar-refractivity contribution in [2.24, 2.45) is 0 Å². The Kier molecular flexibility index (Phi) is 3.90. The predicted octanol–water partition coefficient (Wildman–Crippen LogP) is 4.77. The molecule has 0 unspecified atom stereocenters. The van der Waals surface area contributed by atoms with Crippen LogP contribution in [0.15, 0.2) is 47.0 Å². The summed E-state index contributed by atoms with van der Waals surface area (Å²) in [6.07, 6.45) is 0.431. The van der Waals surface area contributed by atoms with E-state index in [2.05, 4.69) is 10.1 Å². The van der Waals surface area contributed by atoms with E-state index in [1.807, 2.05) is 6.07 Å². The summed E-state index contributed by atoms with van der Waals surface area (Å²) in [6.45, 7) is 0. The summed E-state index contributed by atoms with van der Waals surface area (Å²) >= 11 is 12.0. The number of nitrogens with zero attached hydrogens (tertiary/aromatic N) is 2. The lowest BCUT2D eigenvalue weighted by atomic mass is 10.1. The highest BCUT2D eigenvalue weighted by molar-refractivity contribution is 6.35. The molecule has 3 rings (SSSR count). The van der Waals surface area contributed by atoms with Crippen LogP contribution in [0.3, 0.4) is 0 Å². The summed E-state index contributed by atoms with van der Waals surface area (Å²) in [5.74, 6) is 0.528. The molecule has 1 heterocycles. The van der Waals surface area contributed by atoms with Crippen molar-refractivity contribution < 1.29 is 8.91 Å². The molecule has 0 amide bonds. The third kappa shape index (κ3) is 3.23. The van der Waals surface area contributed by atoms with Gasteiger partial charge in [0, 0.05) is 22.0 Å². The maximum Gasteiger partial charge on any atom is 0.257 e. The van der Waals surface area contributed by atoms with Crippen molar-refractivity contribution in [2.75, 3.05) is 0 Å². The number of hydrogen-bond acceptors (Lipinski definition) is 3. The molecular weight excluding hydrogens is 314 g/mol. The summed E-state index contributed by atoms with van der Waals surface area (Å²) in [6, 6.07) is 11.1. The van der Waals surface area contributed by atoms with Crippen LogP contribution >= 0.6 is 23.2 Å². The second-order valence-corrected chi connectivity index (χ2v) is 5.28. The van der Waals surface area contributed by atoms with Gasteiger partial charge >= 0.3 is 0 Å². The van der Waals surface area contributed by atoms with Crippen LogP contribution in [0.25, 0.3) is 11.5 Å². The molecule has 0 fully saturated rings. The van der Waals surface area contributed by atoms with Gasteiger partial charge < -0.3 is 4.52 Å². The van der Waals surface area contributed by atoms with Crippen molar-refractivity contribution in [3.05, 3.63) is 69.7 Å². The molecule has 106 valence electrons. The molecule has 6 heteroatoms. The van der Waals surface area contributed by atoms with E-state index in [-0.39, 0.29) is 5.82 Å². The normalized spacial score (nSPS) is 10.8. The first-order valence-corrected chi connectivity index (χ1v) is 6.90. The van der Waals surface area contributed by atoms with Gasteiger partial charge in [-0.05, 0) is 42.0 Å². The number of halogens is 3. The van der Waals surface area contributed by atoms with Gasteiger partial charge in [0.15, 0.2) is 5.82 Å². The Hall–Kier alpha value is -1.91. The minimum Gasteiger partial charge on any atom is -0.334 e. The van der Waals surface area contributed by atoms with Crippen LogP contribution in [0.4, 0.5) is 4.39 Å². The molecule has 0 saturated carbocycles. The molecular formula is C15H9Cl2FN2O. The van der Waals surface area contributed by atoms with Crippen molar-refractivity contribution in [1.82, 2.24) is 10.1 Å². The molecule has 0 aliphatic carbocycles. The van der Waals surface area contributed by atoms with Crippen molar-refractivity contribution in [3.63, 3.8) is 0 Å². The molecule has 0 atom stereocenters. The highest BCUT2D eigenvalue weighted by Crippen LogP contribution is 2.24. The summed E-state index contributed by atoms with van der Waals surface area (Å²) in [4.78, 5) is 4.28. The van der Waals surface area contributed by atoms with E-state index in [1.165, 1.54) is 12.1 Å². The molecule has 3 nitrogen and oxygen atoms in total. The first-order chi connectivity index (χ1) is 10.1. The van der Waals surface area contributed by atoms with Crippen LogP contribution in [-0.4, -0.2) is 10.1 Å². The second-order valence-electron chi connectivity index (χ2n) is 4.44. The fourth-order valence-electron chi connectivity index (χ4n) is 1.87. The Balaban J connectivity index is 1.83. The molecule has 21 heavy (non-hydrogen) atoms. The van der Waals surface area contributed by atoms with Gasteiger partial charge in [-0.2, -0.15) is 4.98 Å². The van der Waals surface area contributed by atoms with Crippen LogP contribution in [-0.2, 0) is 6.42 Å². The van der Waals surface area contributed by atoms with Gasteiger partial charge in [-0.1, -0.05) is 34.4 Å². The highest BCUT2D eigenvalue weighted by Gasteiger charge is 2.11. The SMILES string of the molecule is Fc1ccc(-c2nc(Cc3ccc(Cl)cc3Cl)no2)cc1. The van der Waals surface area contributed by atoms with Gasteiger partial charge in [0.25, 0.3) is 5.89 Å². The minimum atomic E-state index is -0.313. The molecule has 0 saturated heterocycles. The maximum absolute atomic E-state index is 12.9. The molecule has 0 aliphatic rings. The Morgan fingerprint density at radius 2 is 1.81 bits per heavy atom. The van der Waals surface area contributed by atoms with Crippen LogP contribution in [0.1, 0.15) is 11.4 Å². The van der Waals surface area contributed by atoms with Gasteiger partial charge in [-0.3, -0.25) is 0 Å². The summed E-state index contributed by atoms with van der Waals surface area (Å²) < 4.78 is 18.1. The molecule has 0 radical (unpaired) electrons. The zero-order valence-electron chi connectivity index (χ0n) is 10.7. The average Bonchev–Trinajstić information content (AvgIpc) is 2.91. The van der Waals surface area contributed by atoms with E-state index >= 15 is 0 Å². The van der Waals surface area contributed by atoms with Crippen LogP contribution < -0.4 is 0 Å². The smallest absolute Gasteiger partial charge is 0.257 e. The van der Waals surface area contributed by atoms with E-state index < -0.39 is 0 Å². The van der Waals surface area contributed by atoms with E-state index in [9.17, 15) is 4.39 Å². The molecule has 3 aromatic rings. The molecule has 2 aromatic carbocycles. The monoisotopic (exact) mass is 322 g/mol. The Labute approximate surface area is 130 Å². The quantitative estimate of drug-likeness (QED) is 0.697. The van der Waals surface area contributed by atoms with Crippen LogP contribution in [0, 0.1) is 5.82 Å². The third-order valence-corrected chi connectivity index (χ3v) is 3.51. The van der Waals surface area contributed by atoms with Gasteiger partial charge in [0.2, 0.25) is 0 Å². The van der Waals surface area contributed by atoms with Crippen molar-refractivity contribution in [2.45, 2.75) is 6.42 Å². The standard InChI is InChI=1S/C15H9Cl2FN2O/c16-11-4-1-10(13(17)8-11)7-14-19-15(21-20-14)9-2-5-12(18)6-3-9/h1-6,8H,7H2. The maximum atomic E-state index is 12.9. The van der Waals surface area contributed by atoms with Crippen LogP contribution in [0.5, 0.6) is 0 Å². The summed E-state index contributed by atoms with van der Waals surface area (Å²) in [5, 5.41) is 5.03. The fourth-order valence-corrected chi connectivity index (χ4v) is 2.35. The first-order valence-electron chi connectivity index (χ1n) is 6.14. The van der Waals surface area contributed by atoms with Crippen molar-refractivity contribution >= 4 is 23.2 Å².